The van der Waals surface area contributed by atoms with E-state index in [0.29, 0.717) is 0 Å². The second kappa shape index (κ2) is 5.62. The number of benzene rings is 1. The zero-order valence-electron chi connectivity index (χ0n) is 12.6. The van der Waals surface area contributed by atoms with Gasteiger partial charge in [0.25, 0.3) is 0 Å². The predicted molar refractivity (Wildman–Crippen MR) is 101 cm³/mol. The largest absolute Gasteiger partial charge is 0.340 e. The van der Waals surface area contributed by atoms with Gasteiger partial charge in [-0.05, 0) is 29.8 Å². The average molecular weight is 351 g/mol. The summed E-state index contributed by atoms with van der Waals surface area (Å²) in [5.74, 6) is 0.837. The van der Waals surface area contributed by atoms with E-state index in [1.54, 1.807) is 29.0 Å². The molecule has 0 aliphatic carbocycles. The fraction of sp³-hybridized carbons (Fsp3) is 0.118. The molecule has 0 spiro atoms. The van der Waals surface area contributed by atoms with Gasteiger partial charge in [0, 0.05) is 23.7 Å². The van der Waals surface area contributed by atoms with Gasteiger partial charge in [-0.1, -0.05) is 6.08 Å². The Kier molecular flexibility index (Phi) is 3.29. The zero-order chi connectivity index (χ0) is 15.9. The van der Waals surface area contributed by atoms with Crippen molar-refractivity contribution in [2.24, 2.45) is 0 Å². The Morgan fingerprint density at radius 3 is 3.04 bits per heavy atom. The smallest absolute Gasteiger partial charge is 0.142 e. The number of nitrogens with one attached hydrogen (secondary N) is 2. The Hall–Kier alpha value is -2.35. The number of hydrogen-bond acceptors (Lipinski definition) is 7. The van der Waals surface area contributed by atoms with Crippen LogP contribution in [0.15, 0.2) is 42.2 Å². The summed E-state index contributed by atoms with van der Waals surface area (Å²) in [5.41, 5.74) is 5.20. The van der Waals surface area contributed by atoms with E-state index in [1.807, 2.05) is 5.51 Å². The summed E-state index contributed by atoms with van der Waals surface area (Å²) in [4.78, 5) is 15.5. The standard InChI is InChI=1S/C17H13N5S2/c1-2-14-13(21-9-23-14)5-11(1)22-16-12-6-15(10-3-4-18-7-10)24-17(12)20-8-19-16/h1-3,5-6,8-9,18H,4,7H2,(H,19,20,22). The molecule has 1 aliphatic rings. The Bertz CT molecular complexity index is 1080. The topological polar surface area (TPSA) is 62.7 Å². The number of thiazole rings is 1. The maximum Gasteiger partial charge on any atom is 0.142 e. The fourth-order valence-electron chi connectivity index (χ4n) is 2.85. The molecule has 0 radical (unpaired) electrons. The molecule has 5 rings (SSSR count). The number of rotatable bonds is 3. The monoisotopic (exact) mass is 351 g/mol. The first-order valence-corrected chi connectivity index (χ1v) is 9.31. The fourth-order valence-corrected chi connectivity index (χ4v) is 4.54. The molecule has 7 heteroatoms. The van der Waals surface area contributed by atoms with E-state index in [2.05, 4.69) is 55.9 Å². The molecule has 24 heavy (non-hydrogen) atoms. The van der Waals surface area contributed by atoms with Crippen LogP contribution in [0, 0.1) is 0 Å². The van der Waals surface area contributed by atoms with Crippen molar-refractivity contribution in [2.45, 2.75) is 0 Å². The molecule has 2 N–H and O–H groups in total. The molecule has 0 atom stereocenters. The van der Waals surface area contributed by atoms with Crippen molar-refractivity contribution < 1.29 is 0 Å². The normalized spacial score (nSPS) is 14.4. The van der Waals surface area contributed by atoms with E-state index in [9.17, 15) is 0 Å². The highest BCUT2D eigenvalue weighted by Crippen LogP contribution is 2.34. The highest BCUT2D eigenvalue weighted by atomic mass is 32.1. The van der Waals surface area contributed by atoms with Crippen LogP contribution < -0.4 is 10.6 Å². The summed E-state index contributed by atoms with van der Waals surface area (Å²) in [6.45, 7) is 1.86. The highest BCUT2D eigenvalue weighted by molar-refractivity contribution is 7.19. The van der Waals surface area contributed by atoms with Crippen LogP contribution in [-0.2, 0) is 0 Å². The van der Waals surface area contributed by atoms with Crippen molar-refractivity contribution >= 4 is 60.2 Å². The summed E-state index contributed by atoms with van der Waals surface area (Å²) in [6.07, 6.45) is 3.86. The van der Waals surface area contributed by atoms with Gasteiger partial charge in [0.15, 0.2) is 0 Å². The summed E-state index contributed by atoms with van der Waals surface area (Å²) >= 11 is 3.36. The maximum absolute atomic E-state index is 4.44. The van der Waals surface area contributed by atoms with Gasteiger partial charge >= 0.3 is 0 Å². The molecular formula is C17H13N5S2. The molecule has 1 aromatic carbocycles. The van der Waals surface area contributed by atoms with Crippen LogP contribution in [0.4, 0.5) is 11.5 Å². The molecule has 0 unspecified atom stereocenters. The predicted octanol–water partition coefficient (Wildman–Crippen LogP) is 4.03. The summed E-state index contributed by atoms with van der Waals surface area (Å²) in [7, 11) is 0. The van der Waals surface area contributed by atoms with E-state index in [1.165, 1.54) is 15.2 Å². The first-order valence-electron chi connectivity index (χ1n) is 7.62. The summed E-state index contributed by atoms with van der Waals surface area (Å²) < 4.78 is 1.19. The van der Waals surface area contributed by atoms with Crippen molar-refractivity contribution in [2.75, 3.05) is 18.4 Å². The lowest BCUT2D eigenvalue weighted by Gasteiger charge is -2.06. The number of nitrogens with zero attached hydrogens (tertiary/aromatic N) is 3. The van der Waals surface area contributed by atoms with Crippen LogP contribution in [-0.4, -0.2) is 28.0 Å². The van der Waals surface area contributed by atoms with Gasteiger partial charge in [0.1, 0.15) is 17.0 Å². The van der Waals surface area contributed by atoms with Crippen LogP contribution >= 0.6 is 22.7 Å². The first-order chi connectivity index (χ1) is 11.9. The first kappa shape index (κ1) is 14.0. The van der Waals surface area contributed by atoms with Gasteiger partial charge in [0.05, 0.1) is 21.1 Å². The van der Waals surface area contributed by atoms with Crippen LogP contribution in [0.5, 0.6) is 0 Å². The second-order valence-electron chi connectivity index (χ2n) is 5.57. The van der Waals surface area contributed by atoms with E-state index >= 15 is 0 Å². The molecule has 118 valence electrons. The zero-order valence-corrected chi connectivity index (χ0v) is 14.2. The van der Waals surface area contributed by atoms with Crippen molar-refractivity contribution in [1.29, 1.82) is 0 Å². The maximum atomic E-state index is 4.44. The van der Waals surface area contributed by atoms with Crippen molar-refractivity contribution in [3.8, 4) is 0 Å². The third kappa shape index (κ3) is 2.37. The quantitative estimate of drug-likeness (QED) is 0.583. The van der Waals surface area contributed by atoms with Crippen molar-refractivity contribution in [1.82, 2.24) is 20.3 Å². The lowest BCUT2D eigenvalue weighted by molar-refractivity contribution is 0.898. The molecule has 1 aliphatic heterocycles. The molecule has 5 nitrogen and oxygen atoms in total. The lowest BCUT2D eigenvalue weighted by atomic mass is 10.2. The molecule has 4 heterocycles. The van der Waals surface area contributed by atoms with E-state index in [0.717, 1.165) is 40.3 Å². The van der Waals surface area contributed by atoms with E-state index < -0.39 is 0 Å². The van der Waals surface area contributed by atoms with Crippen LogP contribution in [0.2, 0.25) is 0 Å². The van der Waals surface area contributed by atoms with Crippen LogP contribution in [0.1, 0.15) is 4.88 Å². The SMILES string of the molecule is C1=C(c2cc3c(Nc4ccc5scnc5c4)ncnc3s2)CNC1. The van der Waals surface area contributed by atoms with Crippen LogP contribution in [0.3, 0.4) is 0 Å². The van der Waals surface area contributed by atoms with Crippen LogP contribution in [0.25, 0.3) is 26.0 Å². The third-order valence-corrected chi connectivity index (χ3v) is 5.98. The number of thiophene rings is 1. The van der Waals surface area contributed by atoms with E-state index in [4.69, 9.17) is 0 Å². The van der Waals surface area contributed by atoms with Gasteiger partial charge in [-0.15, -0.1) is 22.7 Å². The number of aromatic nitrogens is 3. The second-order valence-corrected chi connectivity index (χ2v) is 7.49. The lowest BCUT2D eigenvalue weighted by Crippen LogP contribution is -2.07. The Morgan fingerprint density at radius 1 is 1.12 bits per heavy atom. The highest BCUT2D eigenvalue weighted by Gasteiger charge is 2.14. The minimum absolute atomic E-state index is 0.837. The van der Waals surface area contributed by atoms with Gasteiger partial charge < -0.3 is 10.6 Å². The molecule has 0 fully saturated rings. The molecule has 4 aromatic rings. The molecular weight excluding hydrogens is 338 g/mol. The number of anilines is 2. The molecule has 0 bridgehead atoms. The van der Waals surface area contributed by atoms with E-state index in [-0.39, 0.29) is 0 Å². The number of fused-ring (bicyclic) bond motifs is 2. The number of hydrogen-bond donors (Lipinski definition) is 2. The Labute approximate surface area is 146 Å². The molecule has 0 saturated heterocycles. The van der Waals surface area contributed by atoms with Gasteiger partial charge in [-0.3, -0.25) is 0 Å². The third-order valence-electron chi connectivity index (χ3n) is 4.05. The van der Waals surface area contributed by atoms with Gasteiger partial charge in [-0.25, -0.2) is 15.0 Å². The minimum atomic E-state index is 0.837. The summed E-state index contributed by atoms with van der Waals surface area (Å²) in [5, 5.41) is 7.82. The van der Waals surface area contributed by atoms with Gasteiger partial charge in [-0.2, -0.15) is 0 Å². The van der Waals surface area contributed by atoms with Crippen molar-refractivity contribution in [3.05, 3.63) is 47.1 Å². The summed E-state index contributed by atoms with van der Waals surface area (Å²) in [6, 6.07) is 8.38. The Morgan fingerprint density at radius 2 is 2.12 bits per heavy atom. The van der Waals surface area contributed by atoms with Crippen molar-refractivity contribution in [3.63, 3.8) is 0 Å². The molecule has 3 aromatic heterocycles. The minimum Gasteiger partial charge on any atom is -0.340 e. The molecule has 0 saturated carbocycles. The van der Waals surface area contributed by atoms with Gasteiger partial charge in [0.2, 0.25) is 0 Å². The average Bonchev–Trinajstić information content (AvgIpc) is 3.34. The molecule has 0 amide bonds. The Balaban J connectivity index is 1.55.